The zero-order valence-corrected chi connectivity index (χ0v) is 12.0. The summed E-state index contributed by atoms with van der Waals surface area (Å²) in [6, 6.07) is 6.47. The number of rotatable bonds is 2. The molecule has 3 heterocycles. The van der Waals surface area contributed by atoms with Crippen LogP contribution in [0.15, 0.2) is 24.5 Å². The van der Waals surface area contributed by atoms with Crippen LogP contribution in [-0.2, 0) is 0 Å². The van der Waals surface area contributed by atoms with E-state index in [4.69, 9.17) is 0 Å². The van der Waals surface area contributed by atoms with E-state index in [1.807, 2.05) is 18.2 Å². The normalized spacial score (nSPS) is 25.9. The second-order valence-corrected chi connectivity index (χ2v) is 6.10. The molecule has 21 heavy (non-hydrogen) atoms. The third kappa shape index (κ3) is 2.31. The van der Waals surface area contributed by atoms with Gasteiger partial charge in [-0.05, 0) is 44.0 Å². The number of nitrogens with one attached hydrogen (secondary N) is 2. The maximum atomic E-state index is 12.5. The van der Waals surface area contributed by atoms with Crippen LogP contribution >= 0.6 is 0 Å². The molecule has 0 spiro atoms. The first-order valence-electron chi connectivity index (χ1n) is 7.79. The highest BCUT2D eigenvalue weighted by molar-refractivity contribution is 5.97. The Morgan fingerprint density at radius 2 is 2.24 bits per heavy atom. The van der Waals surface area contributed by atoms with Crippen LogP contribution in [0.25, 0.3) is 11.0 Å². The van der Waals surface area contributed by atoms with Gasteiger partial charge in [0.15, 0.2) is 0 Å². The van der Waals surface area contributed by atoms with E-state index in [9.17, 15) is 4.79 Å². The molecule has 0 radical (unpaired) electrons. The zero-order chi connectivity index (χ0) is 14.2. The third-order valence-electron chi connectivity index (χ3n) is 4.85. The van der Waals surface area contributed by atoms with Crippen LogP contribution < -0.4 is 5.32 Å². The Morgan fingerprint density at radius 1 is 1.29 bits per heavy atom. The number of carbonyl (C=O) groups is 1. The highest BCUT2D eigenvalue weighted by Crippen LogP contribution is 2.27. The lowest BCUT2D eigenvalue weighted by molar-refractivity contribution is 0.0915. The predicted octanol–water partition coefficient (Wildman–Crippen LogP) is 1.92. The molecule has 5 nitrogen and oxygen atoms in total. The fourth-order valence-electron chi connectivity index (χ4n) is 3.74. The number of fused-ring (bicyclic) bond motifs is 2. The molecule has 0 aliphatic carbocycles. The maximum absolute atomic E-state index is 12.5. The highest BCUT2D eigenvalue weighted by Gasteiger charge is 2.36. The van der Waals surface area contributed by atoms with Gasteiger partial charge in [0, 0.05) is 24.2 Å². The summed E-state index contributed by atoms with van der Waals surface area (Å²) < 4.78 is 0. The lowest BCUT2D eigenvalue weighted by Gasteiger charge is -2.32. The SMILES string of the molecule is O=C(NC1CCN2CCCCC12)c1ccc2nc[nH]c2c1. The number of nitrogens with zero attached hydrogens (tertiary/aromatic N) is 2. The minimum absolute atomic E-state index is 0.0314. The number of carbonyl (C=O) groups excluding carboxylic acids is 1. The van der Waals surface area contributed by atoms with Gasteiger partial charge in [-0.1, -0.05) is 6.42 Å². The number of hydrogen-bond donors (Lipinski definition) is 2. The first kappa shape index (κ1) is 12.8. The molecule has 0 saturated carbocycles. The molecule has 2 aromatic rings. The van der Waals surface area contributed by atoms with E-state index in [1.54, 1.807) is 6.33 Å². The van der Waals surface area contributed by atoms with Crippen molar-refractivity contribution in [2.45, 2.75) is 37.8 Å². The van der Waals surface area contributed by atoms with Crippen LogP contribution in [0.4, 0.5) is 0 Å². The number of hydrogen-bond acceptors (Lipinski definition) is 3. The third-order valence-corrected chi connectivity index (χ3v) is 4.85. The monoisotopic (exact) mass is 284 g/mol. The quantitative estimate of drug-likeness (QED) is 0.885. The molecule has 4 rings (SSSR count). The number of amides is 1. The van der Waals surface area contributed by atoms with Crippen molar-refractivity contribution in [1.29, 1.82) is 0 Å². The van der Waals surface area contributed by atoms with Crippen LogP contribution in [0.2, 0.25) is 0 Å². The summed E-state index contributed by atoms with van der Waals surface area (Å²) in [6.07, 6.45) is 6.53. The van der Waals surface area contributed by atoms with Gasteiger partial charge in [-0.15, -0.1) is 0 Å². The number of imidazole rings is 1. The molecule has 5 heteroatoms. The Morgan fingerprint density at radius 3 is 3.19 bits per heavy atom. The van der Waals surface area contributed by atoms with E-state index in [0.29, 0.717) is 17.6 Å². The van der Waals surface area contributed by atoms with Crippen LogP contribution in [0, 0.1) is 0 Å². The summed E-state index contributed by atoms with van der Waals surface area (Å²) in [6.45, 7) is 2.31. The van der Waals surface area contributed by atoms with Gasteiger partial charge in [-0.25, -0.2) is 4.98 Å². The van der Waals surface area contributed by atoms with Gasteiger partial charge >= 0.3 is 0 Å². The minimum Gasteiger partial charge on any atom is -0.348 e. The molecule has 2 aliphatic heterocycles. The molecule has 2 aliphatic rings. The first-order valence-corrected chi connectivity index (χ1v) is 7.79. The van der Waals surface area contributed by atoms with Crippen molar-refractivity contribution in [2.75, 3.05) is 13.1 Å². The van der Waals surface area contributed by atoms with Crippen LogP contribution in [0.3, 0.4) is 0 Å². The topological polar surface area (TPSA) is 61.0 Å². The smallest absolute Gasteiger partial charge is 0.251 e. The summed E-state index contributed by atoms with van der Waals surface area (Å²) in [5, 5.41) is 3.24. The molecule has 2 atom stereocenters. The Labute approximate surface area is 123 Å². The first-order chi connectivity index (χ1) is 10.3. The van der Waals surface area contributed by atoms with Gasteiger partial charge in [0.1, 0.15) is 0 Å². The molecule has 1 amide bonds. The van der Waals surface area contributed by atoms with Crippen molar-refractivity contribution in [3.8, 4) is 0 Å². The van der Waals surface area contributed by atoms with Gasteiger partial charge in [0.05, 0.1) is 17.4 Å². The predicted molar refractivity (Wildman–Crippen MR) is 81.2 cm³/mol. The number of benzene rings is 1. The number of aromatic amines is 1. The van der Waals surface area contributed by atoms with Crippen LogP contribution in [0.5, 0.6) is 0 Å². The summed E-state index contributed by atoms with van der Waals surface area (Å²) in [5.74, 6) is 0.0314. The number of H-pyrrole nitrogens is 1. The molecular formula is C16H20N4O. The number of piperidine rings is 1. The van der Waals surface area contributed by atoms with Crippen molar-refractivity contribution in [1.82, 2.24) is 20.2 Å². The van der Waals surface area contributed by atoms with Gasteiger partial charge < -0.3 is 10.3 Å². The van der Waals surface area contributed by atoms with E-state index in [0.717, 1.165) is 24.0 Å². The largest absolute Gasteiger partial charge is 0.348 e. The standard InChI is InChI=1S/C16H20N4O/c21-16(11-4-5-12-14(9-11)18-10-17-12)19-13-6-8-20-7-2-1-3-15(13)20/h4-5,9-10,13,15H,1-3,6-8H2,(H,17,18)(H,19,21). The molecule has 2 saturated heterocycles. The highest BCUT2D eigenvalue weighted by atomic mass is 16.1. The minimum atomic E-state index is 0.0314. The zero-order valence-electron chi connectivity index (χ0n) is 12.0. The molecule has 2 fully saturated rings. The maximum Gasteiger partial charge on any atom is 0.251 e. The molecule has 2 unspecified atom stereocenters. The van der Waals surface area contributed by atoms with E-state index in [1.165, 1.54) is 25.8 Å². The Hall–Kier alpha value is -1.88. The van der Waals surface area contributed by atoms with Gasteiger partial charge in [0.2, 0.25) is 0 Å². The molecule has 110 valence electrons. The second kappa shape index (κ2) is 5.15. The molecule has 2 N–H and O–H groups in total. The summed E-state index contributed by atoms with van der Waals surface area (Å²) >= 11 is 0. The summed E-state index contributed by atoms with van der Waals surface area (Å²) in [4.78, 5) is 22.2. The van der Waals surface area contributed by atoms with Gasteiger partial charge in [-0.3, -0.25) is 9.69 Å². The van der Waals surface area contributed by atoms with E-state index >= 15 is 0 Å². The fourth-order valence-corrected chi connectivity index (χ4v) is 3.74. The molecule has 1 aromatic carbocycles. The molecule has 0 bridgehead atoms. The summed E-state index contributed by atoms with van der Waals surface area (Å²) in [7, 11) is 0. The average molecular weight is 284 g/mol. The van der Waals surface area contributed by atoms with E-state index in [2.05, 4.69) is 20.2 Å². The van der Waals surface area contributed by atoms with Crippen molar-refractivity contribution < 1.29 is 4.79 Å². The van der Waals surface area contributed by atoms with Crippen LogP contribution in [-0.4, -0.2) is 45.9 Å². The lowest BCUT2D eigenvalue weighted by Crippen LogP contribution is -2.46. The summed E-state index contributed by atoms with van der Waals surface area (Å²) in [5.41, 5.74) is 2.51. The Balaban J connectivity index is 1.50. The lowest BCUT2D eigenvalue weighted by atomic mass is 9.99. The van der Waals surface area contributed by atoms with Crippen molar-refractivity contribution in [3.05, 3.63) is 30.1 Å². The van der Waals surface area contributed by atoms with Crippen molar-refractivity contribution >= 4 is 16.9 Å². The van der Waals surface area contributed by atoms with Crippen LogP contribution in [0.1, 0.15) is 36.0 Å². The molecule has 1 aromatic heterocycles. The number of aromatic nitrogens is 2. The van der Waals surface area contributed by atoms with Crippen molar-refractivity contribution in [3.63, 3.8) is 0 Å². The van der Waals surface area contributed by atoms with E-state index in [-0.39, 0.29) is 5.91 Å². The second-order valence-electron chi connectivity index (χ2n) is 6.10. The van der Waals surface area contributed by atoms with Gasteiger partial charge in [0.25, 0.3) is 5.91 Å². The fraction of sp³-hybridized carbons (Fsp3) is 0.500. The molecular weight excluding hydrogens is 264 g/mol. The van der Waals surface area contributed by atoms with E-state index < -0.39 is 0 Å². The average Bonchev–Trinajstić information content (AvgIpc) is 3.13. The Bertz CT molecular complexity index is 665. The van der Waals surface area contributed by atoms with Gasteiger partial charge in [-0.2, -0.15) is 0 Å². The van der Waals surface area contributed by atoms with Crippen molar-refractivity contribution in [2.24, 2.45) is 0 Å². The Kier molecular flexibility index (Phi) is 3.15.